The van der Waals surface area contributed by atoms with Crippen molar-refractivity contribution in [3.8, 4) is 0 Å². The van der Waals surface area contributed by atoms with E-state index in [0.717, 1.165) is 36.9 Å². The van der Waals surface area contributed by atoms with E-state index in [0.29, 0.717) is 6.54 Å². The van der Waals surface area contributed by atoms with Gasteiger partial charge in [-0.3, -0.25) is 9.59 Å². The molecule has 100 valence electrons. The van der Waals surface area contributed by atoms with Gasteiger partial charge in [-0.25, -0.2) is 0 Å². The Kier molecular flexibility index (Phi) is 5.62. The Morgan fingerprint density at radius 1 is 1.33 bits per heavy atom. The van der Waals surface area contributed by atoms with E-state index in [4.69, 9.17) is 0 Å². The highest BCUT2D eigenvalue weighted by Crippen LogP contribution is 2.07. The molecule has 0 aliphatic carbocycles. The summed E-state index contributed by atoms with van der Waals surface area (Å²) in [6.07, 6.45) is 3.81. The number of hydrogen-bond acceptors (Lipinski definition) is 2. The molecule has 0 saturated heterocycles. The Morgan fingerprint density at radius 2 is 2.06 bits per heavy atom. The van der Waals surface area contributed by atoms with E-state index in [9.17, 15) is 9.59 Å². The third-order valence-electron chi connectivity index (χ3n) is 2.93. The summed E-state index contributed by atoms with van der Waals surface area (Å²) in [5.41, 5.74) is 1.81. The molecule has 0 unspecified atom stereocenters. The fourth-order valence-electron chi connectivity index (χ4n) is 1.84. The number of rotatable bonds is 6. The summed E-state index contributed by atoms with van der Waals surface area (Å²) in [7, 11) is 0. The minimum absolute atomic E-state index is 0.222. The summed E-state index contributed by atoms with van der Waals surface area (Å²) in [5, 5.41) is 2.77. The Bertz CT molecular complexity index is 463. The number of H-pyrrole nitrogens is 1. The van der Waals surface area contributed by atoms with Crippen molar-refractivity contribution in [1.29, 1.82) is 0 Å². The topological polar surface area (TPSA) is 62.0 Å². The van der Waals surface area contributed by atoms with Gasteiger partial charge in [-0.1, -0.05) is 26.7 Å². The third-order valence-corrected chi connectivity index (χ3v) is 2.93. The maximum atomic E-state index is 11.9. The summed E-state index contributed by atoms with van der Waals surface area (Å²) in [6, 6.07) is 1.72. The number of amides is 1. The highest BCUT2D eigenvalue weighted by atomic mass is 16.2. The van der Waals surface area contributed by atoms with E-state index >= 15 is 0 Å². The monoisotopic (exact) mass is 250 g/mol. The molecule has 0 spiro atoms. The molecule has 0 aliphatic rings. The molecule has 18 heavy (non-hydrogen) atoms. The van der Waals surface area contributed by atoms with Crippen molar-refractivity contribution < 1.29 is 4.79 Å². The SMILES string of the molecule is CCCCNC(=O)c1cc(CCC)c(C)[nH]c1=O. The molecule has 1 heterocycles. The zero-order valence-corrected chi connectivity index (χ0v) is 11.4. The van der Waals surface area contributed by atoms with Gasteiger partial charge in [-0.15, -0.1) is 0 Å². The van der Waals surface area contributed by atoms with Crippen molar-refractivity contribution in [3.63, 3.8) is 0 Å². The predicted molar refractivity (Wildman–Crippen MR) is 73.0 cm³/mol. The maximum Gasteiger partial charge on any atom is 0.261 e. The molecule has 1 rings (SSSR count). The van der Waals surface area contributed by atoms with Crippen LogP contribution in [0.4, 0.5) is 0 Å². The van der Waals surface area contributed by atoms with Crippen LogP contribution in [0.1, 0.15) is 54.7 Å². The first-order valence-corrected chi connectivity index (χ1v) is 6.61. The summed E-state index contributed by atoms with van der Waals surface area (Å²) < 4.78 is 0. The van der Waals surface area contributed by atoms with Crippen molar-refractivity contribution in [2.45, 2.75) is 46.5 Å². The van der Waals surface area contributed by atoms with Crippen molar-refractivity contribution in [2.24, 2.45) is 0 Å². The van der Waals surface area contributed by atoms with Crippen molar-refractivity contribution in [1.82, 2.24) is 10.3 Å². The van der Waals surface area contributed by atoms with E-state index in [-0.39, 0.29) is 17.0 Å². The molecule has 0 radical (unpaired) electrons. The molecule has 1 aromatic heterocycles. The van der Waals surface area contributed by atoms with Crippen LogP contribution >= 0.6 is 0 Å². The summed E-state index contributed by atoms with van der Waals surface area (Å²) in [4.78, 5) is 26.4. The molecular weight excluding hydrogens is 228 g/mol. The molecule has 1 aromatic rings. The molecule has 4 nitrogen and oxygen atoms in total. The first-order valence-electron chi connectivity index (χ1n) is 6.61. The van der Waals surface area contributed by atoms with Crippen LogP contribution in [-0.4, -0.2) is 17.4 Å². The second kappa shape index (κ2) is 6.99. The van der Waals surface area contributed by atoms with Crippen LogP contribution in [0.3, 0.4) is 0 Å². The van der Waals surface area contributed by atoms with Gasteiger partial charge in [0.05, 0.1) is 0 Å². The summed E-state index contributed by atoms with van der Waals surface area (Å²) >= 11 is 0. The van der Waals surface area contributed by atoms with Crippen LogP contribution < -0.4 is 10.9 Å². The average molecular weight is 250 g/mol. The van der Waals surface area contributed by atoms with E-state index in [1.165, 1.54) is 0 Å². The lowest BCUT2D eigenvalue weighted by Gasteiger charge is -2.08. The number of pyridine rings is 1. The van der Waals surface area contributed by atoms with Crippen LogP contribution in [0.5, 0.6) is 0 Å². The van der Waals surface area contributed by atoms with Crippen molar-refractivity contribution in [2.75, 3.05) is 6.54 Å². The van der Waals surface area contributed by atoms with Crippen LogP contribution in [0.2, 0.25) is 0 Å². The first-order chi connectivity index (χ1) is 8.60. The molecule has 0 atom stereocenters. The predicted octanol–water partition coefficient (Wildman–Crippen LogP) is 2.17. The lowest BCUT2D eigenvalue weighted by atomic mass is 10.1. The zero-order valence-electron chi connectivity index (χ0n) is 11.4. The van der Waals surface area contributed by atoms with Crippen LogP contribution in [-0.2, 0) is 6.42 Å². The van der Waals surface area contributed by atoms with E-state index in [1.54, 1.807) is 6.07 Å². The minimum atomic E-state index is -0.304. The smallest absolute Gasteiger partial charge is 0.261 e. The number of hydrogen-bond donors (Lipinski definition) is 2. The lowest BCUT2D eigenvalue weighted by Crippen LogP contribution is -2.31. The normalized spacial score (nSPS) is 10.4. The number of aromatic nitrogens is 1. The Labute approximate surface area is 108 Å². The van der Waals surface area contributed by atoms with Gasteiger partial charge in [0.25, 0.3) is 11.5 Å². The van der Waals surface area contributed by atoms with Crippen LogP contribution in [0.25, 0.3) is 0 Å². The van der Waals surface area contributed by atoms with Crippen LogP contribution in [0.15, 0.2) is 10.9 Å². The number of carbonyl (C=O) groups excluding carboxylic acids is 1. The average Bonchev–Trinajstić information content (AvgIpc) is 2.33. The maximum absolute atomic E-state index is 11.9. The van der Waals surface area contributed by atoms with Gasteiger partial charge in [-0.05, 0) is 31.4 Å². The Hall–Kier alpha value is -1.58. The fourth-order valence-corrected chi connectivity index (χ4v) is 1.84. The van der Waals surface area contributed by atoms with E-state index < -0.39 is 0 Å². The quantitative estimate of drug-likeness (QED) is 0.760. The molecule has 1 amide bonds. The highest BCUT2D eigenvalue weighted by Gasteiger charge is 2.12. The molecule has 0 aliphatic heterocycles. The van der Waals surface area contributed by atoms with Crippen LogP contribution in [0, 0.1) is 6.92 Å². The molecule has 0 aromatic carbocycles. The van der Waals surface area contributed by atoms with Crippen molar-refractivity contribution >= 4 is 5.91 Å². The second-order valence-electron chi connectivity index (χ2n) is 4.52. The summed E-state index contributed by atoms with van der Waals surface area (Å²) in [5.74, 6) is -0.276. The Balaban J connectivity index is 2.90. The highest BCUT2D eigenvalue weighted by molar-refractivity contribution is 5.94. The molecule has 0 bridgehead atoms. The number of unbranched alkanes of at least 4 members (excludes halogenated alkanes) is 1. The number of aryl methyl sites for hydroxylation is 2. The second-order valence-corrected chi connectivity index (χ2v) is 4.52. The number of carbonyl (C=O) groups is 1. The van der Waals surface area contributed by atoms with Gasteiger partial charge in [0.15, 0.2) is 0 Å². The molecule has 0 fully saturated rings. The van der Waals surface area contributed by atoms with Gasteiger partial charge in [0.1, 0.15) is 5.56 Å². The molecule has 0 saturated carbocycles. The number of aromatic amines is 1. The largest absolute Gasteiger partial charge is 0.352 e. The summed E-state index contributed by atoms with van der Waals surface area (Å²) in [6.45, 7) is 6.62. The fraction of sp³-hybridized carbons (Fsp3) is 0.571. The van der Waals surface area contributed by atoms with Gasteiger partial charge >= 0.3 is 0 Å². The Morgan fingerprint density at radius 3 is 2.67 bits per heavy atom. The molecule has 2 N–H and O–H groups in total. The molecular formula is C14H22N2O2. The molecule has 4 heteroatoms. The minimum Gasteiger partial charge on any atom is -0.352 e. The first kappa shape index (κ1) is 14.5. The van der Waals surface area contributed by atoms with Gasteiger partial charge in [0.2, 0.25) is 0 Å². The van der Waals surface area contributed by atoms with Gasteiger partial charge in [-0.2, -0.15) is 0 Å². The van der Waals surface area contributed by atoms with Gasteiger partial charge < -0.3 is 10.3 Å². The van der Waals surface area contributed by atoms with Gasteiger partial charge in [0, 0.05) is 12.2 Å². The third kappa shape index (κ3) is 3.72. The van der Waals surface area contributed by atoms with E-state index in [2.05, 4.69) is 24.1 Å². The standard InChI is InChI=1S/C14H22N2O2/c1-4-6-8-15-13(17)12-9-11(7-5-2)10(3)16-14(12)18/h9H,4-8H2,1-3H3,(H,15,17)(H,16,18). The lowest BCUT2D eigenvalue weighted by molar-refractivity contribution is 0.0951. The van der Waals surface area contributed by atoms with E-state index in [1.807, 2.05) is 6.92 Å². The number of nitrogens with one attached hydrogen (secondary N) is 2. The van der Waals surface area contributed by atoms with Crippen molar-refractivity contribution in [3.05, 3.63) is 33.2 Å². The zero-order chi connectivity index (χ0) is 13.5.